The van der Waals surface area contributed by atoms with E-state index < -0.39 is 0 Å². The number of fused-ring (bicyclic) bond motifs is 2. The van der Waals surface area contributed by atoms with E-state index in [1.807, 2.05) is 47.7 Å². The zero-order valence-electron chi connectivity index (χ0n) is 14.4. The van der Waals surface area contributed by atoms with Crippen LogP contribution in [0.25, 0.3) is 11.0 Å². The summed E-state index contributed by atoms with van der Waals surface area (Å²) in [5, 5.41) is 11.3. The van der Waals surface area contributed by atoms with Crippen LogP contribution in [0.5, 0.6) is 0 Å². The highest BCUT2D eigenvalue weighted by molar-refractivity contribution is 5.81. The van der Waals surface area contributed by atoms with Gasteiger partial charge in [0.15, 0.2) is 0 Å². The van der Waals surface area contributed by atoms with Crippen LogP contribution in [0.15, 0.2) is 24.3 Å². The molecule has 0 spiro atoms. The summed E-state index contributed by atoms with van der Waals surface area (Å²) in [4.78, 5) is 22.4. The van der Waals surface area contributed by atoms with Crippen LogP contribution >= 0.6 is 0 Å². The molecule has 3 aromatic rings. The van der Waals surface area contributed by atoms with Crippen LogP contribution in [0.4, 0.5) is 0 Å². The fraction of sp³-hybridized carbons (Fsp3) is 0.412. The number of likely N-dealkylation sites (N-methyl/N-ethyl adjacent to an activating group) is 1. The quantitative estimate of drug-likeness (QED) is 0.728. The Morgan fingerprint density at radius 2 is 2.20 bits per heavy atom. The van der Waals surface area contributed by atoms with Crippen molar-refractivity contribution in [3.8, 4) is 0 Å². The van der Waals surface area contributed by atoms with Crippen LogP contribution in [0.3, 0.4) is 0 Å². The summed E-state index contributed by atoms with van der Waals surface area (Å²) in [7, 11) is 1.94. The summed E-state index contributed by atoms with van der Waals surface area (Å²) in [6.45, 7) is 3.68. The summed E-state index contributed by atoms with van der Waals surface area (Å²) in [6, 6.07) is 7.71. The van der Waals surface area contributed by atoms with Gasteiger partial charge in [-0.3, -0.25) is 9.69 Å². The molecule has 1 aliphatic heterocycles. The Hall–Kier alpha value is -2.74. The Balaban J connectivity index is 1.36. The Bertz CT molecular complexity index is 880. The van der Waals surface area contributed by atoms with Gasteiger partial charge in [0, 0.05) is 13.0 Å². The maximum Gasteiger partial charge on any atom is 0.239 e. The lowest BCUT2D eigenvalue weighted by Crippen LogP contribution is -2.50. The number of amides is 1. The predicted octanol–water partition coefficient (Wildman–Crippen LogP) is 0.636. The Morgan fingerprint density at radius 3 is 3.04 bits per heavy atom. The number of aryl methyl sites for hydroxylation is 1. The second-order valence-electron chi connectivity index (χ2n) is 6.45. The number of hydrogen-bond donors (Lipinski definition) is 2. The fourth-order valence-corrected chi connectivity index (χ4v) is 3.25. The van der Waals surface area contributed by atoms with Crippen molar-refractivity contribution >= 4 is 16.9 Å². The molecule has 0 bridgehead atoms. The van der Waals surface area contributed by atoms with Crippen molar-refractivity contribution in [2.75, 3.05) is 13.6 Å². The van der Waals surface area contributed by atoms with Gasteiger partial charge in [0.1, 0.15) is 23.5 Å². The Labute approximate surface area is 145 Å². The van der Waals surface area contributed by atoms with Crippen LogP contribution in [0.1, 0.15) is 17.5 Å². The van der Waals surface area contributed by atoms with Gasteiger partial charge in [-0.1, -0.05) is 12.1 Å². The molecule has 0 saturated heterocycles. The zero-order chi connectivity index (χ0) is 17.4. The third-order valence-corrected chi connectivity index (χ3v) is 4.69. The number of aromatic nitrogens is 5. The lowest BCUT2D eigenvalue weighted by molar-refractivity contribution is -0.127. The summed E-state index contributed by atoms with van der Waals surface area (Å²) >= 11 is 0. The number of rotatable bonds is 4. The van der Waals surface area contributed by atoms with Crippen molar-refractivity contribution in [3.05, 3.63) is 41.7 Å². The highest BCUT2D eigenvalue weighted by Crippen LogP contribution is 2.16. The molecule has 25 heavy (non-hydrogen) atoms. The molecule has 0 saturated carbocycles. The largest absolute Gasteiger partial charge is 0.354 e. The topological polar surface area (TPSA) is 91.7 Å². The first kappa shape index (κ1) is 15.8. The van der Waals surface area contributed by atoms with Gasteiger partial charge in [0.25, 0.3) is 0 Å². The lowest BCUT2D eigenvalue weighted by Gasteiger charge is -2.32. The third-order valence-electron chi connectivity index (χ3n) is 4.69. The number of carbonyl (C=O) groups excluding carboxylic acids is 1. The number of nitrogens with one attached hydrogen (secondary N) is 2. The Kier molecular flexibility index (Phi) is 3.96. The predicted molar refractivity (Wildman–Crippen MR) is 92.8 cm³/mol. The second kappa shape index (κ2) is 6.29. The molecule has 0 aliphatic carbocycles. The summed E-state index contributed by atoms with van der Waals surface area (Å²) in [5.74, 6) is 2.67. The lowest BCUT2D eigenvalue weighted by atomic mass is 10.2. The molecule has 0 radical (unpaired) electrons. The van der Waals surface area contributed by atoms with Crippen molar-refractivity contribution in [1.29, 1.82) is 0 Å². The van der Waals surface area contributed by atoms with Crippen LogP contribution in [-0.4, -0.2) is 55.2 Å². The number of imidazole rings is 1. The Morgan fingerprint density at radius 1 is 1.36 bits per heavy atom. The SMILES string of the molecule is Cc1nnc2n1CC(C(=O)NCCc1nc3ccccc3[nH]1)N(C)C2. The smallest absolute Gasteiger partial charge is 0.239 e. The van der Waals surface area contributed by atoms with Crippen LogP contribution < -0.4 is 5.32 Å². The first-order valence-corrected chi connectivity index (χ1v) is 8.42. The van der Waals surface area contributed by atoms with Gasteiger partial charge in [-0.15, -0.1) is 10.2 Å². The van der Waals surface area contributed by atoms with E-state index in [4.69, 9.17) is 0 Å². The number of benzene rings is 1. The average molecular weight is 339 g/mol. The zero-order valence-corrected chi connectivity index (χ0v) is 14.4. The van der Waals surface area contributed by atoms with Gasteiger partial charge in [0.2, 0.25) is 5.91 Å². The molecule has 1 atom stereocenters. The molecule has 1 aromatic carbocycles. The molecule has 2 aromatic heterocycles. The first-order valence-electron chi connectivity index (χ1n) is 8.42. The summed E-state index contributed by atoms with van der Waals surface area (Å²) < 4.78 is 2.02. The van der Waals surface area contributed by atoms with E-state index in [2.05, 4.69) is 25.5 Å². The first-order chi connectivity index (χ1) is 12.1. The van der Waals surface area contributed by atoms with Gasteiger partial charge in [-0.25, -0.2) is 4.98 Å². The van der Waals surface area contributed by atoms with Gasteiger partial charge in [0.05, 0.1) is 24.1 Å². The number of carbonyl (C=O) groups is 1. The van der Waals surface area contributed by atoms with Crippen LogP contribution in [-0.2, 0) is 24.3 Å². The number of hydrogen-bond acceptors (Lipinski definition) is 5. The maximum atomic E-state index is 12.6. The van der Waals surface area contributed by atoms with E-state index in [0.717, 1.165) is 28.5 Å². The molecule has 4 rings (SSSR count). The molecule has 130 valence electrons. The molecule has 8 heteroatoms. The van der Waals surface area contributed by atoms with Gasteiger partial charge in [-0.05, 0) is 26.1 Å². The normalized spacial score (nSPS) is 17.6. The highest BCUT2D eigenvalue weighted by atomic mass is 16.2. The second-order valence-corrected chi connectivity index (χ2v) is 6.45. The van der Waals surface area contributed by atoms with Gasteiger partial charge >= 0.3 is 0 Å². The molecule has 1 unspecified atom stereocenters. The molecule has 1 amide bonds. The number of H-pyrrole nitrogens is 1. The minimum Gasteiger partial charge on any atom is -0.354 e. The molecule has 8 nitrogen and oxygen atoms in total. The van der Waals surface area contributed by atoms with Crippen molar-refractivity contribution in [2.45, 2.75) is 32.5 Å². The van der Waals surface area contributed by atoms with E-state index in [0.29, 0.717) is 26.1 Å². The highest BCUT2D eigenvalue weighted by Gasteiger charge is 2.30. The number of nitrogens with zero attached hydrogens (tertiary/aromatic N) is 5. The van der Waals surface area contributed by atoms with Crippen LogP contribution in [0, 0.1) is 6.92 Å². The van der Waals surface area contributed by atoms with Gasteiger partial charge in [-0.2, -0.15) is 0 Å². The molecule has 1 aliphatic rings. The summed E-state index contributed by atoms with van der Waals surface area (Å²) in [5.41, 5.74) is 1.97. The average Bonchev–Trinajstić information content (AvgIpc) is 3.17. The van der Waals surface area contributed by atoms with Crippen molar-refractivity contribution in [3.63, 3.8) is 0 Å². The van der Waals surface area contributed by atoms with E-state index in [1.54, 1.807) is 0 Å². The molecule has 3 heterocycles. The van der Waals surface area contributed by atoms with Crippen LogP contribution in [0.2, 0.25) is 0 Å². The van der Waals surface area contributed by atoms with Gasteiger partial charge < -0.3 is 14.9 Å². The van der Waals surface area contributed by atoms with E-state index >= 15 is 0 Å². The van der Waals surface area contributed by atoms with Crippen molar-refractivity contribution in [1.82, 2.24) is 34.9 Å². The van der Waals surface area contributed by atoms with Crippen molar-refractivity contribution < 1.29 is 4.79 Å². The molecule has 2 N–H and O–H groups in total. The maximum absolute atomic E-state index is 12.6. The minimum atomic E-state index is -0.210. The number of para-hydroxylation sites is 2. The molecular weight excluding hydrogens is 318 g/mol. The molecular formula is C17H21N7O. The minimum absolute atomic E-state index is 0.0253. The standard InChI is InChI=1S/C17H21N7O/c1-11-21-22-16-10-23(2)14(9-24(11)16)17(25)18-8-7-15-19-12-5-3-4-6-13(12)20-15/h3-6,14H,7-10H2,1-2H3,(H,18,25)(H,19,20). The van der Waals surface area contributed by atoms with Crippen molar-refractivity contribution in [2.24, 2.45) is 0 Å². The van der Waals surface area contributed by atoms with E-state index in [1.165, 1.54) is 0 Å². The van der Waals surface area contributed by atoms with E-state index in [9.17, 15) is 4.79 Å². The van der Waals surface area contributed by atoms with E-state index in [-0.39, 0.29) is 11.9 Å². The monoisotopic (exact) mass is 339 g/mol. The summed E-state index contributed by atoms with van der Waals surface area (Å²) in [6.07, 6.45) is 0.674. The number of aromatic amines is 1. The fourth-order valence-electron chi connectivity index (χ4n) is 3.25. The molecule has 0 fully saturated rings. The third kappa shape index (κ3) is 3.00.